The fourth-order valence-electron chi connectivity index (χ4n) is 5.58. The number of pyridine rings is 1. The Morgan fingerprint density at radius 3 is 2.69 bits per heavy atom. The number of benzene rings is 2. The fourth-order valence-corrected chi connectivity index (χ4v) is 5.74. The number of carbonyl (C=O) groups is 1. The first-order chi connectivity index (χ1) is 20.2. The molecule has 1 spiro atoms. The molecule has 0 bridgehead atoms. The van der Waals surface area contributed by atoms with Crippen molar-refractivity contribution in [2.24, 2.45) is 0 Å². The maximum atomic E-state index is 14.2. The highest BCUT2D eigenvalue weighted by atomic mass is 35.5. The second-order valence-electron chi connectivity index (χ2n) is 11.2. The highest BCUT2D eigenvalue weighted by Crippen LogP contribution is 2.45. The maximum absolute atomic E-state index is 14.2. The number of ether oxygens (including phenoxy) is 2. The van der Waals surface area contributed by atoms with Gasteiger partial charge in [0.25, 0.3) is 0 Å². The molecular formula is C33H38ClFN4O3. The first-order valence-electron chi connectivity index (χ1n) is 14.3. The zero-order valence-corrected chi connectivity index (χ0v) is 25.3. The van der Waals surface area contributed by atoms with E-state index < -0.39 is 5.82 Å². The highest BCUT2D eigenvalue weighted by Gasteiger charge is 2.51. The number of nitrogens with zero attached hydrogens (tertiary/aromatic N) is 4. The molecular weight excluding hydrogens is 555 g/mol. The van der Waals surface area contributed by atoms with Crippen LogP contribution in [0.2, 0.25) is 5.02 Å². The number of methoxy groups -OCH3 is 1. The van der Waals surface area contributed by atoms with Crippen LogP contribution < -0.4 is 14.5 Å². The third-order valence-corrected chi connectivity index (χ3v) is 8.46. The predicted octanol–water partition coefficient (Wildman–Crippen LogP) is 6.29. The van der Waals surface area contributed by atoms with Crippen LogP contribution in [0.5, 0.6) is 5.88 Å². The molecule has 3 aromatic rings. The van der Waals surface area contributed by atoms with Crippen LogP contribution in [0.15, 0.2) is 66.9 Å². The smallest absolute Gasteiger partial charge is 0.215 e. The summed E-state index contributed by atoms with van der Waals surface area (Å²) in [5, 5.41) is 0.355. The van der Waals surface area contributed by atoms with Crippen LogP contribution in [-0.2, 0) is 11.3 Å². The van der Waals surface area contributed by atoms with Crippen LogP contribution in [0.4, 0.5) is 15.9 Å². The molecule has 0 unspecified atom stereocenters. The average Bonchev–Trinajstić information content (AvgIpc) is 3.74. The van der Waals surface area contributed by atoms with E-state index in [1.165, 1.54) is 6.07 Å². The fraction of sp³-hybridized carbons (Fsp3) is 0.394. The van der Waals surface area contributed by atoms with Crippen molar-refractivity contribution in [2.75, 3.05) is 56.2 Å². The Bertz CT molecular complexity index is 1460. The van der Waals surface area contributed by atoms with Gasteiger partial charge in [-0.2, -0.15) is 4.98 Å². The van der Waals surface area contributed by atoms with Crippen LogP contribution in [-0.4, -0.2) is 67.6 Å². The van der Waals surface area contributed by atoms with E-state index in [-0.39, 0.29) is 17.9 Å². The molecule has 2 heterocycles. The SMILES string of the molecule is C=C(CN1CCN(c2cccc(OCc3ccc(Cl)cc3F)n2)CC12CC2)N(CCOC)c1cc(C(C)=O)ccc1C. The molecule has 9 heteroatoms. The minimum Gasteiger partial charge on any atom is -0.473 e. The van der Waals surface area contributed by atoms with E-state index in [0.29, 0.717) is 35.2 Å². The van der Waals surface area contributed by atoms with E-state index >= 15 is 0 Å². The molecule has 1 aromatic heterocycles. The lowest BCUT2D eigenvalue weighted by atomic mass is 10.1. The van der Waals surface area contributed by atoms with Crippen molar-refractivity contribution in [3.8, 4) is 5.88 Å². The minimum absolute atomic E-state index is 0.0434. The number of rotatable bonds is 12. The van der Waals surface area contributed by atoms with Crippen molar-refractivity contribution in [1.29, 1.82) is 0 Å². The Kier molecular flexibility index (Phi) is 9.16. The van der Waals surface area contributed by atoms with E-state index in [9.17, 15) is 9.18 Å². The van der Waals surface area contributed by atoms with Crippen molar-refractivity contribution < 1.29 is 18.7 Å². The standard InChI is InChI=1S/C33H38ClFN4O3/c1-23-8-9-26(25(3)40)18-30(23)39(16-17-41-4)24(2)20-38-15-14-37(22-33(38)12-13-33)31-6-5-7-32(36-31)42-21-27-10-11-28(34)19-29(27)35/h5-11,18-19H,2,12-17,20-22H2,1,3-4H3. The first kappa shape index (κ1) is 30.0. The van der Waals surface area contributed by atoms with Gasteiger partial charge in [0, 0.05) is 79.0 Å². The van der Waals surface area contributed by atoms with Crippen LogP contribution >= 0.6 is 11.6 Å². The third kappa shape index (κ3) is 6.77. The molecule has 0 atom stereocenters. The van der Waals surface area contributed by atoms with Gasteiger partial charge in [-0.3, -0.25) is 9.69 Å². The highest BCUT2D eigenvalue weighted by molar-refractivity contribution is 6.30. The summed E-state index contributed by atoms with van der Waals surface area (Å²) in [6, 6.07) is 16.1. The second-order valence-corrected chi connectivity index (χ2v) is 11.6. The van der Waals surface area contributed by atoms with Crippen molar-refractivity contribution in [1.82, 2.24) is 9.88 Å². The lowest BCUT2D eigenvalue weighted by molar-refractivity contribution is 0.101. The monoisotopic (exact) mass is 592 g/mol. The van der Waals surface area contributed by atoms with E-state index in [4.69, 9.17) is 26.1 Å². The summed E-state index contributed by atoms with van der Waals surface area (Å²) in [4.78, 5) is 23.9. The molecule has 1 saturated heterocycles. The van der Waals surface area contributed by atoms with Gasteiger partial charge in [-0.1, -0.05) is 42.4 Å². The molecule has 1 aliphatic heterocycles. The summed E-state index contributed by atoms with van der Waals surface area (Å²) >= 11 is 5.87. The Labute approximate surface area is 252 Å². The van der Waals surface area contributed by atoms with Crippen molar-refractivity contribution in [2.45, 2.75) is 38.8 Å². The normalized spacial score (nSPS) is 16.0. The number of ketones is 1. The molecule has 2 fully saturated rings. The number of hydrogen-bond donors (Lipinski definition) is 0. The van der Waals surface area contributed by atoms with E-state index in [1.54, 1.807) is 32.2 Å². The van der Waals surface area contributed by atoms with Gasteiger partial charge in [0.15, 0.2) is 5.78 Å². The second kappa shape index (κ2) is 12.8. The molecule has 0 N–H and O–H groups in total. The van der Waals surface area contributed by atoms with E-state index in [2.05, 4.69) is 28.2 Å². The van der Waals surface area contributed by atoms with Crippen molar-refractivity contribution in [3.63, 3.8) is 0 Å². The van der Waals surface area contributed by atoms with Gasteiger partial charge in [-0.15, -0.1) is 0 Å². The molecule has 42 heavy (non-hydrogen) atoms. The number of aryl methyl sites for hydroxylation is 1. The summed E-state index contributed by atoms with van der Waals surface area (Å²) in [5.41, 5.74) is 4.26. The van der Waals surface area contributed by atoms with E-state index in [0.717, 1.165) is 61.8 Å². The lowest BCUT2D eigenvalue weighted by Crippen LogP contribution is -2.56. The minimum atomic E-state index is -0.394. The number of Topliss-reactive ketones (excluding diaryl/α,β-unsaturated/α-hetero) is 1. The van der Waals surface area contributed by atoms with Gasteiger partial charge in [0.2, 0.25) is 5.88 Å². The van der Waals surface area contributed by atoms with Gasteiger partial charge in [-0.05, 0) is 56.5 Å². The number of anilines is 2. The van der Waals surface area contributed by atoms with Crippen LogP contribution in [0.25, 0.3) is 0 Å². The summed E-state index contributed by atoms with van der Waals surface area (Å²) < 4.78 is 25.5. The van der Waals surface area contributed by atoms with Gasteiger partial charge < -0.3 is 19.3 Å². The summed E-state index contributed by atoms with van der Waals surface area (Å²) in [5.74, 6) is 0.961. The van der Waals surface area contributed by atoms with Crippen molar-refractivity contribution >= 4 is 28.9 Å². The van der Waals surface area contributed by atoms with Gasteiger partial charge in [0.1, 0.15) is 18.2 Å². The summed E-state index contributed by atoms with van der Waals surface area (Å²) in [6.07, 6.45) is 2.22. The van der Waals surface area contributed by atoms with Gasteiger partial charge >= 0.3 is 0 Å². The zero-order chi connectivity index (χ0) is 29.9. The molecule has 2 aromatic carbocycles. The Morgan fingerprint density at radius 2 is 1.98 bits per heavy atom. The molecule has 7 nitrogen and oxygen atoms in total. The topological polar surface area (TPSA) is 58.1 Å². The zero-order valence-electron chi connectivity index (χ0n) is 24.5. The molecule has 222 valence electrons. The molecule has 0 amide bonds. The largest absolute Gasteiger partial charge is 0.473 e. The maximum Gasteiger partial charge on any atom is 0.215 e. The lowest BCUT2D eigenvalue weighted by Gasteiger charge is -2.44. The van der Waals surface area contributed by atoms with Crippen LogP contribution in [0.1, 0.15) is 41.3 Å². The number of aromatic nitrogens is 1. The van der Waals surface area contributed by atoms with Gasteiger partial charge in [-0.25, -0.2) is 4.39 Å². The van der Waals surface area contributed by atoms with E-state index in [1.807, 2.05) is 30.3 Å². The molecule has 0 radical (unpaired) electrons. The molecule has 1 aliphatic carbocycles. The Balaban J connectivity index is 1.25. The number of piperazine rings is 1. The van der Waals surface area contributed by atoms with Crippen molar-refractivity contribution in [3.05, 3.63) is 94.4 Å². The molecule has 5 rings (SSSR count). The summed E-state index contributed by atoms with van der Waals surface area (Å²) in [7, 11) is 1.70. The first-order valence-corrected chi connectivity index (χ1v) is 14.7. The Hall–Kier alpha value is -3.46. The number of carbonyl (C=O) groups excluding carboxylic acids is 1. The predicted molar refractivity (Wildman–Crippen MR) is 165 cm³/mol. The molecule has 1 saturated carbocycles. The van der Waals surface area contributed by atoms with Crippen LogP contribution in [0.3, 0.4) is 0 Å². The quantitative estimate of drug-likeness (QED) is 0.229. The third-order valence-electron chi connectivity index (χ3n) is 8.23. The van der Waals surface area contributed by atoms with Gasteiger partial charge in [0.05, 0.1) is 6.61 Å². The number of hydrogen-bond acceptors (Lipinski definition) is 7. The van der Waals surface area contributed by atoms with Crippen LogP contribution in [0, 0.1) is 12.7 Å². The average molecular weight is 593 g/mol. The Morgan fingerprint density at radius 1 is 1.17 bits per heavy atom. The molecule has 2 aliphatic rings. The number of halogens is 2. The summed E-state index contributed by atoms with van der Waals surface area (Å²) in [6.45, 7) is 12.7.